The van der Waals surface area contributed by atoms with Crippen molar-refractivity contribution < 1.29 is 4.79 Å². The number of imidazole rings is 1. The molecular formula is C16H23N5O. The third-order valence-corrected chi connectivity index (χ3v) is 3.34. The van der Waals surface area contributed by atoms with Crippen LogP contribution < -0.4 is 16.4 Å². The maximum Gasteiger partial charge on any atom is 0.319 e. The summed E-state index contributed by atoms with van der Waals surface area (Å²) < 4.78 is 0. The number of benzene rings is 1. The van der Waals surface area contributed by atoms with Crippen molar-refractivity contribution in [3.8, 4) is 11.3 Å². The number of aromatic nitrogens is 2. The van der Waals surface area contributed by atoms with E-state index < -0.39 is 0 Å². The molecule has 0 radical (unpaired) electrons. The summed E-state index contributed by atoms with van der Waals surface area (Å²) in [4.78, 5) is 18.8. The Balaban J connectivity index is 1.86. The van der Waals surface area contributed by atoms with Crippen LogP contribution in [0.25, 0.3) is 11.3 Å². The highest BCUT2D eigenvalue weighted by Crippen LogP contribution is 2.21. The van der Waals surface area contributed by atoms with Crippen LogP contribution in [0.2, 0.25) is 0 Å². The zero-order chi connectivity index (χ0) is 15.8. The van der Waals surface area contributed by atoms with Gasteiger partial charge < -0.3 is 21.4 Å². The van der Waals surface area contributed by atoms with E-state index in [2.05, 4.69) is 27.5 Å². The highest BCUT2D eigenvalue weighted by molar-refractivity contribution is 5.90. The molecule has 0 saturated heterocycles. The zero-order valence-corrected chi connectivity index (χ0v) is 12.9. The smallest absolute Gasteiger partial charge is 0.319 e. The number of carbonyl (C=O) groups excluding carboxylic acids is 1. The van der Waals surface area contributed by atoms with Gasteiger partial charge in [0, 0.05) is 17.8 Å². The molecule has 5 N–H and O–H groups in total. The molecule has 2 aromatic rings. The number of amides is 2. The number of hydrogen-bond donors (Lipinski definition) is 4. The molecule has 0 unspecified atom stereocenters. The number of aromatic amines is 1. The second kappa shape index (κ2) is 8.07. The predicted octanol–water partition coefficient (Wildman–Crippen LogP) is 3.36. The average Bonchev–Trinajstić information content (AvgIpc) is 2.94. The molecule has 0 saturated carbocycles. The van der Waals surface area contributed by atoms with Gasteiger partial charge in [0.1, 0.15) is 0 Å². The predicted molar refractivity (Wildman–Crippen MR) is 89.6 cm³/mol. The molecule has 6 nitrogen and oxygen atoms in total. The Labute approximate surface area is 130 Å². The molecule has 22 heavy (non-hydrogen) atoms. The van der Waals surface area contributed by atoms with Gasteiger partial charge in [0.2, 0.25) is 0 Å². The van der Waals surface area contributed by atoms with Crippen LogP contribution in [0.15, 0.2) is 30.5 Å². The molecule has 0 aliphatic rings. The van der Waals surface area contributed by atoms with Crippen LogP contribution in [0, 0.1) is 0 Å². The minimum absolute atomic E-state index is 0.183. The van der Waals surface area contributed by atoms with Gasteiger partial charge in [-0.25, -0.2) is 9.78 Å². The van der Waals surface area contributed by atoms with E-state index in [-0.39, 0.29) is 6.03 Å². The third-order valence-electron chi connectivity index (χ3n) is 3.34. The lowest BCUT2D eigenvalue weighted by Crippen LogP contribution is -2.29. The SMILES string of the molecule is CCCCCCNC(=O)Nc1cccc(-c2cnc(N)[nH]2)c1. The maximum absolute atomic E-state index is 11.8. The lowest BCUT2D eigenvalue weighted by Gasteiger charge is -2.08. The molecule has 0 spiro atoms. The molecule has 1 heterocycles. The fraction of sp³-hybridized carbons (Fsp3) is 0.375. The number of rotatable bonds is 7. The van der Waals surface area contributed by atoms with Crippen molar-refractivity contribution >= 4 is 17.7 Å². The Morgan fingerprint density at radius 3 is 2.91 bits per heavy atom. The minimum Gasteiger partial charge on any atom is -0.369 e. The zero-order valence-electron chi connectivity index (χ0n) is 12.9. The molecule has 6 heteroatoms. The summed E-state index contributed by atoms with van der Waals surface area (Å²) in [5.74, 6) is 0.373. The Bertz CT molecular complexity index is 608. The Morgan fingerprint density at radius 1 is 1.32 bits per heavy atom. The molecule has 2 amide bonds. The molecule has 0 bridgehead atoms. The first kappa shape index (κ1) is 15.9. The van der Waals surface area contributed by atoms with E-state index in [1.165, 1.54) is 12.8 Å². The fourth-order valence-corrected chi connectivity index (χ4v) is 2.18. The van der Waals surface area contributed by atoms with Gasteiger partial charge in [-0.15, -0.1) is 0 Å². The highest BCUT2D eigenvalue weighted by Gasteiger charge is 2.05. The van der Waals surface area contributed by atoms with Gasteiger partial charge in [0.25, 0.3) is 0 Å². The normalized spacial score (nSPS) is 10.4. The second-order valence-electron chi connectivity index (χ2n) is 5.20. The summed E-state index contributed by atoms with van der Waals surface area (Å²) in [6, 6.07) is 7.35. The summed E-state index contributed by atoms with van der Waals surface area (Å²) in [7, 11) is 0. The fourth-order valence-electron chi connectivity index (χ4n) is 2.18. The Morgan fingerprint density at radius 2 is 2.18 bits per heavy atom. The maximum atomic E-state index is 11.8. The van der Waals surface area contributed by atoms with Crippen molar-refractivity contribution in [2.45, 2.75) is 32.6 Å². The summed E-state index contributed by atoms with van der Waals surface area (Å²) in [6.45, 7) is 2.86. The number of urea groups is 1. The van der Waals surface area contributed by atoms with E-state index in [4.69, 9.17) is 5.73 Å². The standard InChI is InChI=1S/C16H23N5O/c1-2-3-4-5-9-18-16(22)20-13-8-6-7-12(10-13)14-11-19-15(17)21-14/h6-8,10-11H,2-5,9H2,1H3,(H3,17,19,21)(H2,18,20,22). The van der Waals surface area contributed by atoms with E-state index in [9.17, 15) is 4.79 Å². The average molecular weight is 301 g/mol. The van der Waals surface area contributed by atoms with Crippen LogP contribution in [0.5, 0.6) is 0 Å². The summed E-state index contributed by atoms with van der Waals surface area (Å²) >= 11 is 0. The number of H-pyrrole nitrogens is 1. The highest BCUT2D eigenvalue weighted by atomic mass is 16.2. The monoisotopic (exact) mass is 301 g/mol. The molecule has 0 fully saturated rings. The number of hydrogen-bond acceptors (Lipinski definition) is 3. The van der Waals surface area contributed by atoms with Gasteiger partial charge in [-0.05, 0) is 18.6 Å². The number of carbonyl (C=O) groups is 1. The number of nitrogens with zero attached hydrogens (tertiary/aromatic N) is 1. The van der Waals surface area contributed by atoms with Crippen molar-refractivity contribution in [1.82, 2.24) is 15.3 Å². The van der Waals surface area contributed by atoms with E-state index in [1.54, 1.807) is 6.20 Å². The molecule has 2 rings (SSSR count). The van der Waals surface area contributed by atoms with Gasteiger partial charge >= 0.3 is 6.03 Å². The van der Waals surface area contributed by atoms with Crippen molar-refractivity contribution in [2.75, 3.05) is 17.6 Å². The Hall–Kier alpha value is -2.50. The van der Waals surface area contributed by atoms with Crippen LogP contribution in [0.4, 0.5) is 16.4 Å². The Kier molecular flexibility index (Phi) is 5.82. The summed E-state index contributed by atoms with van der Waals surface area (Å²) in [5.41, 5.74) is 8.05. The lowest BCUT2D eigenvalue weighted by atomic mass is 10.1. The van der Waals surface area contributed by atoms with E-state index >= 15 is 0 Å². The number of nitrogen functional groups attached to an aromatic ring is 1. The molecule has 0 atom stereocenters. The number of anilines is 2. The van der Waals surface area contributed by atoms with Crippen molar-refractivity contribution in [3.05, 3.63) is 30.5 Å². The summed E-state index contributed by atoms with van der Waals surface area (Å²) in [5, 5.41) is 5.70. The molecule has 118 valence electrons. The van der Waals surface area contributed by atoms with E-state index in [0.717, 1.165) is 29.8 Å². The third kappa shape index (κ3) is 4.80. The largest absolute Gasteiger partial charge is 0.369 e. The second-order valence-corrected chi connectivity index (χ2v) is 5.20. The minimum atomic E-state index is -0.183. The van der Waals surface area contributed by atoms with Crippen LogP contribution in [-0.4, -0.2) is 22.5 Å². The molecular weight excluding hydrogens is 278 g/mol. The van der Waals surface area contributed by atoms with Crippen LogP contribution >= 0.6 is 0 Å². The van der Waals surface area contributed by atoms with Gasteiger partial charge in [-0.1, -0.05) is 38.3 Å². The van der Waals surface area contributed by atoms with Gasteiger partial charge in [-0.2, -0.15) is 0 Å². The van der Waals surface area contributed by atoms with Crippen molar-refractivity contribution in [2.24, 2.45) is 0 Å². The molecule has 0 aliphatic heterocycles. The topological polar surface area (TPSA) is 95.8 Å². The van der Waals surface area contributed by atoms with Gasteiger partial charge in [0.05, 0.1) is 11.9 Å². The summed E-state index contributed by atoms with van der Waals surface area (Å²) in [6.07, 6.45) is 6.22. The van der Waals surface area contributed by atoms with Gasteiger partial charge in [0.15, 0.2) is 5.95 Å². The molecule has 0 aliphatic carbocycles. The first-order valence-electron chi connectivity index (χ1n) is 7.65. The lowest BCUT2D eigenvalue weighted by molar-refractivity contribution is 0.252. The molecule has 1 aromatic carbocycles. The number of nitrogens with one attached hydrogen (secondary N) is 3. The van der Waals surface area contributed by atoms with E-state index in [0.29, 0.717) is 12.5 Å². The first-order valence-corrected chi connectivity index (χ1v) is 7.65. The van der Waals surface area contributed by atoms with Crippen molar-refractivity contribution in [1.29, 1.82) is 0 Å². The number of nitrogens with two attached hydrogens (primary N) is 1. The van der Waals surface area contributed by atoms with Crippen LogP contribution in [-0.2, 0) is 0 Å². The van der Waals surface area contributed by atoms with Crippen molar-refractivity contribution in [3.63, 3.8) is 0 Å². The molecule has 1 aromatic heterocycles. The van der Waals surface area contributed by atoms with Crippen LogP contribution in [0.1, 0.15) is 32.6 Å². The quantitative estimate of drug-likeness (QED) is 0.590. The number of unbranched alkanes of at least 4 members (excludes halogenated alkanes) is 3. The first-order chi connectivity index (χ1) is 10.7. The van der Waals surface area contributed by atoms with Gasteiger partial charge in [-0.3, -0.25) is 0 Å². The van der Waals surface area contributed by atoms with E-state index in [1.807, 2.05) is 24.3 Å². The van der Waals surface area contributed by atoms with Crippen LogP contribution in [0.3, 0.4) is 0 Å².